The summed E-state index contributed by atoms with van der Waals surface area (Å²) in [6.07, 6.45) is 0.766. The molecule has 1 aromatic carbocycles. The summed E-state index contributed by atoms with van der Waals surface area (Å²) in [6, 6.07) is 4.58. The average Bonchev–Trinajstić information content (AvgIpc) is 2.68. The Balaban J connectivity index is 2.14. The van der Waals surface area contributed by atoms with E-state index in [1.54, 1.807) is 10.7 Å². The van der Waals surface area contributed by atoms with Crippen molar-refractivity contribution < 1.29 is 9.13 Å². The van der Waals surface area contributed by atoms with E-state index < -0.39 is 0 Å². The number of halogens is 2. The van der Waals surface area contributed by atoms with Crippen LogP contribution >= 0.6 is 11.6 Å². The van der Waals surface area contributed by atoms with Gasteiger partial charge in [-0.05, 0) is 30.7 Å². The highest BCUT2D eigenvalue weighted by molar-refractivity contribution is 6.30. The second-order valence-electron chi connectivity index (χ2n) is 4.36. The molecule has 2 heterocycles. The first-order valence-corrected chi connectivity index (χ1v) is 6.15. The number of ether oxygens (including phenoxy) is 1. The summed E-state index contributed by atoms with van der Waals surface area (Å²) < 4.78 is 20.1. The molecule has 0 atom stereocenters. The van der Waals surface area contributed by atoms with Crippen molar-refractivity contribution in [1.82, 2.24) is 9.78 Å². The number of hydrogen-bond donors (Lipinski definition) is 0. The molecule has 0 N–H and O–H groups in total. The van der Waals surface area contributed by atoms with E-state index in [9.17, 15) is 4.39 Å². The average molecular weight is 267 g/mol. The topological polar surface area (TPSA) is 27.1 Å². The molecule has 0 saturated heterocycles. The molecule has 0 unspecified atom stereocenters. The van der Waals surface area contributed by atoms with Crippen molar-refractivity contribution in [2.45, 2.75) is 20.0 Å². The zero-order valence-corrected chi connectivity index (χ0v) is 10.7. The molecule has 2 aromatic rings. The van der Waals surface area contributed by atoms with Crippen LogP contribution in [0.5, 0.6) is 0 Å². The maximum atomic E-state index is 13.1. The first-order valence-electron chi connectivity index (χ1n) is 5.77. The predicted octanol–water partition coefficient (Wildman–Crippen LogP) is 3.05. The number of rotatable bonds is 1. The lowest BCUT2D eigenvalue weighted by Crippen LogP contribution is -2.08. The minimum Gasteiger partial charge on any atom is -0.376 e. The van der Waals surface area contributed by atoms with Crippen LogP contribution in [0.25, 0.3) is 5.69 Å². The second kappa shape index (κ2) is 4.37. The number of hydrogen-bond acceptors (Lipinski definition) is 2. The standard InChI is InChI=1S/C13H12ClFN2O/c1-8-6-9(15)2-3-12(8)17-13(14)10-7-18-5-4-11(10)16-17/h2-3,6H,4-5,7H2,1H3. The number of aromatic nitrogens is 2. The molecule has 0 bridgehead atoms. The van der Waals surface area contributed by atoms with Gasteiger partial charge in [0.15, 0.2) is 0 Å². The molecule has 0 fully saturated rings. The lowest BCUT2D eigenvalue weighted by atomic mass is 10.2. The molecule has 1 aliphatic heterocycles. The third kappa shape index (κ3) is 1.82. The molecular formula is C13H12ClFN2O. The van der Waals surface area contributed by atoms with E-state index in [1.165, 1.54) is 12.1 Å². The molecular weight excluding hydrogens is 255 g/mol. The van der Waals surface area contributed by atoms with Gasteiger partial charge >= 0.3 is 0 Å². The van der Waals surface area contributed by atoms with E-state index in [0.717, 1.165) is 28.9 Å². The molecule has 94 valence electrons. The van der Waals surface area contributed by atoms with Crippen LogP contribution in [0.15, 0.2) is 18.2 Å². The van der Waals surface area contributed by atoms with Gasteiger partial charge in [0.25, 0.3) is 0 Å². The van der Waals surface area contributed by atoms with E-state index in [0.29, 0.717) is 18.4 Å². The Kier molecular flexibility index (Phi) is 2.84. The van der Waals surface area contributed by atoms with Crippen LogP contribution in [0, 0.1) is 12.7 Å². The minimum absolute atomic E-state index is 0.257. The molecule has 1 aromatic heterocycles. The van der Waals surface area contributed by atoms with Crippen molar-refractivity contribution >= 4 is 11.6 Å². The van der Waals surface area contributed by atoms with Crippen molar-refractivity contribution in [1.29, 1.82) is 0 Å². The van der Waals surface area contributed by atoms with Crippen molar-refractivity contribution in [3.8, 4) is 5.69 Å². The van der Waals surface area contributed by atoms with Gasteiger partial charge in [0.1, 0.15) is 11.0 Å². The van der Waals surface area contributed by atoms with Crippen LogP contribution in [0.1, 0.15) is 16.8 Å². The molecule has 18 heavy (non-hydrogen) atoms. The highest BCUT2D eigenvalue weighted by Crippen LogP contribution is 2.28. The van der Waals surface area contributed by atoms with Crippen molar-refractivity contribution in [2.24, 2.45) is 0 Å². The van der Waals surface area contributed by atoms with Crippen molar-refractivity contribution in [2.75, 3.05) is 6.61 Å². The van der Waals surface area contributed by atoms with Gasteiger partial charge in [-0.25, -0.2) is 9.07 Å². The smallest absolute Gasteiger partial charge is 0.138 e. The van der Waals surface area contributed by atoms with Gasteiger partial charge in [-0.3, -0.25) is 0 Å². The summed E-state index contributed by atoms with van der Waals surface area (Å²) in [4.78, 5) is 0. The lowest BCUT2D eigenvalue weighted by Gasteiger charge is -2.09. The van der Waals surface area contributed by atoms with Gasteiger partial charge in [0.05, 0.1) is 24.6 Å². The Morgan fingerprint density at radius 3 is 3.00 bits per heavy atom. The largest absolute Gasteiger partial charge is 0.376 e. The highest BCUT2D eigenvalue weighted by atomic mass is 35.5. The number of aryl methyl sites for hydroxylation is 1. The fourth-order valence-corrected chi connectivity index (χ4v) is 2.47. The molecule has 0 radical (unpaired) electrons. The quantitative estimate of drug-likeness (QED) is 0.793. The van der Waals surface area contributed by atoms with Gasteiger partial charge in [-0.1, -0.05) is 11.6 Å². The summed E-state index contributed by atoms with van der Waals surface area (Å²) in [5, 5.41) is 5.05. The van der Waals surface area contributed by atoms with Gasteiger partial charge in [0, 0.05) is 12.0 Å². The fraction of sp³-hybridized carbons (Fsp3) is 0.308. The lowest BCUT2D eigenvalue weighted by molar-refractivity contribution is 0.110. The first kappa shape index (κ1) is 11.7. The summed E-state index contributed by atoms with van der Waals surface area (Å²) in [5.74, 6) is -0.257. The van der Waals surface area contributed by atoms with Crippen molar-refractivity contribution in [3.05, 3.63) is 46.0 Å². The third-order valence-electron chi connectivity index (χ3n) is 3.12. The monoisotopic (exact) mass is 266 g/mol. The maximum Gasteiger partial charge on any atom is 0.138 e. The van der Waals surface area contributed by atoms with Crippen LogP contribution in [0.4, 0.5) is 4.39 Å². The Morgan fingerprint density at radius 2 is 2.28 bits per heavy atom. The van der Waals surface area contributed by atoms with Crippen LogP contribution in [-0.2, 0) is 17.8 Å². The van der Waals surface area contributed by atoms with E-state index in [1.807, 2.05) is 6.92 Å². The number of benzene rings is 1. The van der Waals surface area contributed by atoms with E-state index >= 15 is 0 Å². The molecule has 0 amide bonds. The fourth-order valence-electron chi connectivity index (χ4n) is 2.17. The van der Waals surface area contributed by atoms with Crippen LogP contribution in [-0.4, -0.2) is 16.4 Å². The first-order chi connectivity index (χ1) is 8.66. The van der Waals surface area contributed by atoms with Crippen LogP contribution in [0.2, 0.25) is 5.15 Å². The van der Waals surface area contributed by atoms with E-state index in [2.05, 4.69) is 5.10 Å². The Hall–Kier alpha value is -1.39. The van der Waals surface area contributed by atoms with Crippen molar-refractivity contribution in [3.63, 3.8) is 0 Å². The van der Waals surface area contributed by atoms with E-state index in [-0.39, 0.29) is 5.82 Å². The van der Waals surface area contributed by atoms with Crippen LogP contribution < -0.4 is 0 Å². The predicted molar refractivity (Wildman–Crippen MR) is 66.6 cm³/mol. The highest BCUT2D eigenvalue weighted by Gasteiger charge is 2.21. The molecule has 1 aliphatic rings. The molecule has 0 aliphatic carbocycles. The third-order valence-corrected chi connectivity index (χ3v) is 3.51. The van der Waals surface area contributed by atoms with Gasteiger partial charge in [-0.2, -0.15) is 5.10 Å². The zero-order chi connectivity index (χ0) is 12.7. The summed E-state index contributed by atoms with van der Waals surface area (Å²) in [7, 11) is 0. The number of nitrogens with zero attached hydrogens (tertiary/aromatic N) is 2. The summed E-state index contributed by atoms with van der Waals surface area (Å²) >= 11 is 6.32. The molecule has 3 nitrogen and oxygen atoms in total. The maximum absolute atomic E-state index is 13.1. The van der Waals surface area contributed by atoms with Crippen LogP contribution in [0.3, 0.4) is 0 Å². The van der Waals surface area contributed by atoms with Gasteiger partial charge in [0.2, 0.25) is 0 Å². The minimum atomic E-state index is -0.257. The molecule has 0 saturated carbocycles. The molecule has 0 spiro atoms. The molecule has 5 heteroatoms. The molecule has 3 rings (SSSR count). The zero-order valence-electron chi connectivity index (χ0n) is 9.91. The SMILES string of the molecule is Cc1cc(F)ccc1-n1nc2c(c1Cl)COCC2. The Labute approximate surface area is 109 Å². The summed E-state index contributed by atoms with van der Waals surface area (Å²) in [5.41, 5.74) is 3.51. The van der Waals surface area contributed by atoms with Gasteiger partial charge in [-0.15, -0.1) is 0 Å². The Bertz CT molecular complexity index is 609. The normalized spacial score (nSPS) is 14.6. The van der Waals surface area contributed by atoms with Gasteiger partial charge < -0.3 is 4.74 Å². The Morgan fingerprint density at radius 1 is 1.44 bits per heavy atom. The second-order valence-corrected chi connectivity index (χ2v) is 4.72. The number of fused-ring (bicyclic) bond motifs is 1. The summed E-state index contributed by atoms with van der Waals surface area (Å²) in [6.45, 7) is 3.00. The van der Waals surface area contributed by atoms with E-state index in [4.69, 9.17) is 16.3 Å².